The van der Waals surface area contributed by atoms with E-state index in [1.807, 2.05) is 36.4 Å². The lowest BCUT2D eigenvalue weighted by Crippen LogP contribution is -2.65. The van der Waals surface area contributed by atoms with Crippen LogP contribution < -0.4 is 10.4 Å². The summed E-state index contributed by atoms with van der Waals surface area (Å²) < 4.78 is 18.7. The predicted octanol–water partition coefficient (Wildman–Crippen LogP) is 4.16. The van der Waals surface area contributed by atoms with E-state index >= 15 is 0 Å². The summed E-state index contributed by atoms with van der Waals surface area (Å²) in [6, 6.07) is 20.4. The SMILES string of the molecule is C=C[Si](OC(=C)C)(OC(=C)C)O[Si](C)(c1ccccc1)c1ccccc1. The maximum absolute atomic E-state index is 6.76. The lowest BCUT2D eigenvalue weighted by atomic mass is 10.4. The van der Waals surface area contributed by atoms with Crippen molar-refractivity contribution in [2.24, 2.45) is 0 Å². The molecule has 0 amide bonds. The van der Waals surface area contributed by atoms with Crippen LogP contribution in [0.15, 0.2) is 97.6 Å². The third-order valence-corrected chi connectivity index (χ3v) is 11.3. The number of benzene rings is 2. The zero-order valence-electron chi connectivity index (χ0n) is 15.7. The topological polar surface area (TPSA) is 27.7 Å². The molecule has 0 saturated carbocycles. The smallest absolute Gasteiger partial charge is 0.494 e. The van der Waals surface area contributed by atoms with Crippen molar-refractivity contribution in [3.8, 4) is 0 Å². The molecular formula is C21H26O3Si2. The summed E-state index contributed by atoms with van der Waals surface area (Å²) in [5, 5.41) is 2.25. The van der Waals surface area contributed by atoms with Crippen LogP contribution in [0.1, 0.15) is 13.8 Å². The van der Waals surface area contributed by atoms with Crippen LogP contribution in [0.5, 0.6) is 0 Å². The standard InChI is InChI=1S/C21H26O3Si2/c1-7-26(22-18(2)3,23-19(4)5)24-25(6,20-14-10-8-11-15-20)21-16-12-9-13-17-21/h7-17H,1-2,4H2,3,5-6H3. The Labute approximate surface area is 158 Å². The van der Waals surface area contributed by atoms with E-state index in [4.69, 9.17) is 13.0 Å². The van der Waals surface area contributed by atoms with Gasteiger partial charge in [-0.1, -0.05) is 80.4 Å². The quantitative estimate of drug-likeness (QED) is 0.481. The monoisotopic (exact) mass is 382 g/mol. The molecule has 2 aromatic carbocycles. The molecule has 0 spiro atoms. The van der Waals surface area contributed by atoms with Gasteiger partial charge in [0.05, 0.1) is 11.5 Å². The second kappa shape index (κ2) is 8.36. The van der Waals surface area contributed by atoms with Crippen LogP contribution in [0.4, 0.5) is 0 Å². The molecule has 26 heavy (non-hydrogen) atoms. The van der Waals surface area contributed by atoms with Gasteiger partial charge < -0.3 is 13.0 Å². The van der Waals surface area contributed by atoms with Crippen molar-refractivity contribution >= 4 is 27.5 Å². The zero-order valence-corrected chi connectivity index (χ0v) is 17.7. The number of hydrogen-bond acceptors (Lipinski definition) is 3. The van der Waals surface area contributed by atoms with Crippen LogP contribution in [0.25, 0.3) is 0 Å². The summed E-state index contributed by atoms with van der Waals surface area (Å²) in [5.41, 5.74) is 1.65. The van der Waals surface area contributed by atoms with Gasteiger partial charge in [-0.15, -0.1) is 0 Å². The third kappa shape index (κ3) is 4.63. The molecule has 136 valence electrons. The largest absolute Gasteiger partial charge is 0.650 e. The molecule has 0 aliphatic rings. The van der Waals surface area contributed by atoms with Gasteiger partial charge in [-0.3, -0.25) is 0 Å². The Kier molecular flexibility index (Phi) is 6.42. The zero-order chi connectivity index (χ0) is 19.2. The first-order valence-electron chi connectivity index (χ1n) is 8.45. The first kappa shape index (κ1) is 20.0. The predicted molar refractivity (Wildman–Crippen MR) is 113 cm³/mol. The minimum atomic E-state index is -3.27. The van der Waals surface area contributed by atoms with E-state index in [1.54, 1.807) is 19.5 Å². The molecule has 0 bridgehead atoms. The Bertz CT molecular complexity index is 717. The summed E-state index contributed by atoms with van der Waals surface area (Å²) >= 11 is 0. The van der Waals surface area contributed by atoms with Crippen LogP contribution in [0.3, 0.4) is 0 Å². The van der Waals surface area contributed by atoms with Crippen LogP contribution in [0.2, 0.25) is 6.55 Å². The molecular weight excluding hydrogens is 356 g/mol. The minimum Gasteiger partial charge on any atom is -0.494 e. The number of allylic oxidation sites excluding steroid dienone is 2. The van der Waals surface area contributed by atoms with Gasteiger partial charge in [0.2, 0.25) is 8.32 Å². The highest BCUT2D eigenvalue weighted by Crippen LogP contribution is 2.23. The molecule has 0 fully saturated rings. The van der Waals surface area contributed by atoms with E-state index in [0.29, 0.717) is 11.5 Å². The van der Waals surface area contributed by atoms with Gasteiger partial charge in [0.15, 0.2) is 0 Å². The molecule has 5 heteroatoms. The van der Waals surface area contributed by atoms with Gasteiger partial charge in [-0.2, -0.15) is 0 Å². The molecule has 0 aliphatic carbocycles. The van der Waals surface area contributed by atoms with E-state index < -0.39 is 17.1 Å². The van der Waals surface area contributed by atoms with Gasteiger partial charge in [0.25, 0.3) is 0 Å². The summed E-state index contributed by atoms with van der Waals surface area (Å²) in [6.45, 7) is 17.4. The van der Waals surface area contributed by atoms with Gasteiger partial charge >= 0.3 is 8.80 Å². The molecule has 2 aromatic rings. The average molecular weight is 383 g/mol. The summed E-state index contributed by atoms with van der Waals surface area (Å²) in [4.78, 5) is 0. The molecule has 0 radical (unpaired) electrons. The highest BCUT2D eigenvalue weighted by Gasteiger charge is 2.51. The Morgan fingerprint density at radius 2 is 1.19 bits per heavy atom. The van der Waals surface area contributed by atoms with Gasteiger partial charge in [-0.25, -0.2) is 0 Å². The summed E-state index contributed by atoms with van der Waals surface area (Å²) in [5.74, 6) is 1.05. The van der Waals surface area contributed by atoms with E-state index in [1.165, 1.54) is 0 Å². The highest BCUT2D eigenvalue weighted by molar-refractivity contribution is 7.00. The highest BCUT2D eigenvalue weighted by atomic mass is 28.5. The fourth-order valence-corrected chi connectivity index (χ4v) is 9.81. The van der Waals surface area contributed by atoms with Crippen LogP contribution in [-0.2, 0) is 13.0 Å². The molecule has 0 atom stereocenters. The van der Waals surface area contributed by atoms with Gasteiger partial charge in [-0.05, 0) is 30.8 Å². The molecule has 0 saturated heterocycles. The van der Waals surface area contributed by atoms with Crippen molar-refractivity contribution in [2.45, 2.75) is 20.4 Å². The first-order chi connectivity index (χ1) is 12.3. The fraction of sp³-hybridized carbons (Fsp3) is 0.143. The molecule has 0 aromatic heterocycles. The van der Waals surface area contributed by atoms with Gasteiger partial charge in [0, 0.05) is 5.70 Å². The summed E-state index contributed by atoms with van der Waals surface area (Å²) in [7, 11) is -5.90. The average Bonchev–Trinajstić information content (AvgIpc) is 2.62. The van der Waals surface area contributed by atoms with Crippen LogP contribution in [-0.4, -0.2) is 17.1 Å². The second-order valence-corrected chi connectivity index (χ2v) is 12.3. The fourth-order valence-electron chi connectivity index (χ4n) is 2.75. The Morgan fingerprint density at radius 3 is 1.50 bits per heavy atom. The summed E-state index contributed by atoms with van der Waals surface area (Å²) in [6.07, 6.45) is 0. The van der Waals surface area contributed by atoms with E-state index in [0.717, 1.165) is 10.4 Å². The lowest BCUT2D eigenvalue weighted by Gasteiger charge is -2.37. The molecule has 3 nitrogen and oxygen atoms in total. The van der Waals surface area contributed by atoms with E-state index in [2.05, 4.69) is 50.5 Å². The van der Waals surface area contributed by atoms with Crippen molar-refractivity contribution in [3.05, 3.63) is 97.6 Å². The Hall–Kier alpha value is -2.35. The van der Waals surface area contributed by atoms with E-state index in [9.17, 15) is 0 Å². The van der Waals surface area contributed by atoms with Crippen LogP contribution >= 0.6 is 0 Å². The molecule has 2 rings (SSSR count). The van der Waals surface area contributed by atoms with Crippen molar-refractivity contribution in [1.29, 1.82) is 0 Å². The number of rotatable bonds is 9. The Balaban J connectivity index is 2.59. The van der Waals surface area contributed by atoms with Crippen molar-refractivity contribution in [3.63, 3.8) is 0 Å². The maximum Gasteiger partial charge on any atom is 0.650 e. The molecule has 0 unspecified atom stereocenters. The lowest BCUT2D eigenvalue weighted by molar-refractivity contribution is 0.192. The third-order valence-electron chi connectivity index (χ3n) is 3.88. The molecule has 0 aliphatic heterocycles. The normalized spacial score (nSPS) is 11.5. The molecule has 0 N–H and O–H groups in total. The number of hydrogen-bond donors (Lipinski definition) is 0. The van der Waals surface area contributed by atoms with Crippen molar-refractivity contribution < 1.29 is 13.0 Å². The molecule has 0 heterocycles. The van der Waals surface area contributed by atoms with Crippen molar-refractivity contribution in [1.82, 2.24) is 0 Å². The van der Waals surface area contributed by atoms with Crippen LogP contribution in [0, 0.1) is 0 Å². The maximum atomic E-state index is 6.76. The Morgan fingerprint density at radius 1 is 0.808 bits per heavy atom. The van der Waals surface area contributed by atoms with Gasteiger partial charge in [0.1, 0.15) is 0 Å². The van der Waals surface area contributed by atoms with Crippen molar-refractivity contribution in [2.75, 3.05) is 0 Å². The minimum absolute atomic E-state index is 0.523. The first-order valence-corrected chi connectivity index (χ1v) is 12.7. The second-order valence-electron chi connectivity index (χ2n) is 6.28. The van der Waals surface area contributed by atoms with E-state index in [-0.39, 0.29) is 0 Å².